The predicted octanol–water partition coefficient (Wildman–Crippen LogP) is 2.38. The first-order valence-electron chi connectivity index (χ1n) is 12.0. The summed E-state index contributed by atoms with van der Waals surface area (Å²) in [6.07, 6.45) is -2.23. The molecular formula is C22H25F2N7O5S3. The summed E-state index contributed by atoms with van der Waals surface area (Å²) in [5.41, 5.74) is -2.42. The summed E-state index contributed by atoms with van der Waals surface area (Å²) in [6, 6.07) is 4.51. The molecule has 1 aliphatic heterocycles. The van der Waals surface area contributed by atoms with Gasteiger partial charge in [-0.15, -0.1) is 10.2 Å². The summed E-state index contributed by atoms with van der Waals surface area (Å²) >= 11 is 0.609. The highest BCUT2D eigenvalue weighted by Gasteiger charge is 2.47. The van der Waals surface area contributed by atoms with Crippen molar-refractivity contribution in [3.8, 4) is 16.8 Å². The number of alkyl halides is 2. The molecule has 2 aliphatic rings. The highest BCUT2D eigenvalue weighted by Crippen LogP contribution is 2.42. The van der Waals surface area contributed by atoms with E-state index in [0.717, 1.165) is 0 Å². The molecule has 1 saturated carbocycles. The molecule has 1 aliphatic carbocycles. The van der Waals surface area contributed by atoms with Gasteiger partial charge in [0.1, 0.15) is 11.2 Å². The Morgan fingerprint density at radius 1 is 1.15 bits per heavy atom. The van der Waals surface area contributed by atoms with Gasteiger partial charge < -0.3 is 5.11 Å². The number of piperidine rings is 1. The first kappa shape index (κ1) is 27.9. The van der Waals surface area contributed by atoms with Crippen molar-refractivity contribution in [2.45, 2.75) is 67.2 Å². The summed E-state index contributed by atoms with van der Waals surface area (Å²) in [5, 5.41) is 34.4. The van der Waals surface area contributed by atoms with Crippen LogP contribution >= 0.6 is 11.3 Å². The second-order valence-corrected chi connectivity index (χ2v) is 15.2. The molecule has 0 spiro atoms. The van der Waals surface area contributed by atoms with Gasteiger partial charge in [0.15, 0.2) is 10.0 Å². The maximum absolute atomic E-state index is 13.4. The number of nitrogens with zero attached hydrogens (tertiary/aromatic N) is 5. The Morgan fingerprint density at radius 2 is 1.82 bits per heavy atom. The van der Waals surface area contributed by atoms with Crippen molar-refractivity contribution >= 4 is 42.3 Å². The monoisotopic (exact) mass is 601 g/mol. The molecule has 12 nitrogen and oxygen atoms in total. The number of fused-ring (bicyclic) bond motifs is 1. The molecule has 5 rings (SSSR count). The smallest absolute Gasteiger partial charge is 0.291 e. The molecule has 0 unspecified atom stereocenters. The molecule has 1 saturated heterocycles. The van der Waals surface area contributed by atoms with Gasteiger partial charge in [0.2, 0.25) is 20.0 Å². The van der Waals surface area contributed by atoms with E-state index in [1.807, 2.05) is 6.07 Å². The molecule has 2 aromatic heterocycles. The number of hydrogen-bond donors (Lipinski definition) is 3. The third-order valence-corrected chi connectivity index (χ3v) is 11.8. The van der Waals surface area contributed by atoms with E-state index in [1.165, 1.54) is 16.4 Å². The normalized spacial score (nSPS) is 19.5. The molecule has 210 valence electrons. The number of benzene rings is 1. The van der Waals surface area contributed by atoms with Crippen molar-refractivity contribution in [2.75, 3.05) is 13.1 Å². The van der Waals surface area contributed by atoms with Crippen molar-refractivity contribution in [1.82, 2.24) is 29.4 Å². The minimum absolute atomic E-state index is 0.00327. The van der Waals surface area contributed by atoms with E-state index in [-0.39, 0.29) is 58.0 Å². The molecule has 0 amide bonds. The van der Waals surface area contributed by atoms with E-state index in [1.54, 1.807) is 13.8 Å². The third-order valence-electron chi connectivity index (χ3n) is 7.08. The number of aliphatic hydroxyl groups is 1. The quantitative estimate of drug-likeness (QED) is 0.349. The minimum atomic E-state index is -4.26. The molecule has 1 aromatic carbocycles. The van der Waals surface area contributed by atoms with E-state index in [2.05, 4.69) is 25.1 Å². The molecule has 0 radical (unpaired) electrons. The molecule has 17 heteroatoms. The number of sulfonamides is 2. The number of nitrogens with one attached hydrogen (secondary N) is 2. The van der Waals surface area contributed by atoms with Gasteiger partial charge in [-0.2, -0.15) is 15.1 Å². The van der Waals surface area contributed by atoms with Gasteiger partial charge >= 0.3 is 0 Å². The van der Waals surface area contributed by atoms with Crippen LogP contribution in [-0.4, -0.2) is 70.5 Å². The van der Waals surface area contributed by atoms with Crippen molar-refractivity contribution in [3.63, 3.8) is 0 Å². The lowest BCUT2D eigenvalue weighted by Crippen LogP contribution is -2.47. The SMILES string of the molecule is CC(C)S(=O)(=O)N1CCC(O)(c2cc(S(=O)(=O)NC3(C#N)CC3)cc3c(-c4nnc(C(F)F)s4)[nH]nc23)CC1. The molecule has 3 N–H and O–H groups in total. The van der Waals surface area contributed by atoms with Crippen LogP contribution in [0.15, 0.2) is 17.0 Å². The second-order valence-electron chi connectivity index (χ2n) is 10.0. The number of halogens is 2. The second kappa shape index (κ2) is 9.49. The van der Waals surface area contributed by atoms with E-state index >= 15 is 0 Å². The highest BCUT2D eigenvalue weighted by atomic mass is 32.2. The first-order chi connectivity index (χ1) is 18.2. The Hall–Kier alpha value is -2.62. The molecule has 2 fully saturated rings. The Morgan fingerprint density at radius 3 is 2.36 bits per heavy atom. The van der Waals surface area contributed by atoms with E-state index in [0.29, 0.717) is 24.2 Å². The number of aromatic amines is 1. The predicted molar refractivity (Wildman–Crippen MR) is 137 cm³/mol. The van der Waals surface area contributed by atoms with Gasteiger partial charge in [0, 0.05) is 24.0 Å². The van der Waals surface area contributed by atoms with Crippen molar-refractivity contribution < 1.29 is 30.7 Å². The van der Waals surface area contributed by atoms with Crippen LogP contribution in [0.2, 0.25) is 0 Å². The lowest BCUT2D eigenvalue weighted by molar-refractivity contribution is -0.00873. The Labute approximate surface area is 227 Å². The number of nitriles is 1. The topological polar surface area (TPSA) is 182 Å². The zero-order valence-corrected chi connectivity index (χ0v) is 23.3. The minimum Gasteiger partial charge on any atom is -0.385 e. The van der Waals surface area contributed by atoms with Gasteiger partial charge in [-0.1, -0.05) is 11.3 Å². The maximum atomic E-state index is 13.4. The Balaban J connectivity index is 1.62. The van der Waals surface area contributed by atoms with E-state index in [9.17, 15) is 36.0 Å². The van der Waals surface area contributed by atoms with E-state index in [4.69, 9.17) is 0 Å². The molecule has 3 aromatic rings. The van der Waals surface area contributed by atoms with Crippen LogP contribution in [0, 0.1) is 11.3 Å². The van der Waals surface area contributed by atoms with Crippen LogP contribution in [0.3, 0.4) is 0 Å². The van der Waals surface area contributed by atoms with Crippen molar-refractivity contribution in [1.29, 1.82) is 5.26 Å². The fourth-order valence-corrected chi connectivity index (χ4v) is 7.97. The van der Waals surface area contributed by atoms with Crippen LogP contribution in [0.25, 0.3) is 21.6 Å². The van der Waals surface area contributed by atoms with Crippen LogP contribution in [-0.2, 0) is 25.6 Å². The first-order valence-corrected chi connectivity index (χ1v) is 15.8. The van der Waals surface area contributed by atoms with Crippen molar-refractivity contribution in [3.05, 3.63) is 22.7 Å². The molecular weight excluding hydrogens is 576 g/mol. The molecule has 39 heavy (non-hydrogen) atoms. The van der Waals surface area contributed by atoms with E-state index < -0.39 is 47.9 Å². The summed E-state index contributed by atoms with van der Waals surface area (Å²) < 4.78 is 82.1. The zero-order valence-electron chi connectivity index (χ0n) is 20.8. The lowest BCUT2D eigenvalue weighted by Gasteiger charge is -2.38. The van der Waals surface area contributed by atoms with Gasteiger partial charge in [-0.3, -0.25) is 5.10 Å². The summed E-state index contributed by atoms with van der Waals surface area (Å²) in [4.78, 5) is -0.265. The molecule has 0 atom stereocenters. The average Bonchev–Trinajstić information content (AvgIpc) is 3.26. The summed E-state index contributed by atoms with van der Waals surface area (Å²) in [6.45, 7) is 3.12. The molecule has 3 heterocycles. The largest absolute Gasteiger partial charge is 0.385 e. The van der Waals surface area contributed by atoms with Gasteiger partial charge in [0.25, 0.3) is 6.43 Å². The number of rotatable bonds is 8. The maximum Gasteiger partial charge on any atom is 0.291 e. The fourth-order valence-electron chi connectivity index (χ4n) is 4.54. The summed E-state index contributed by atoms with van der Waals surface area (Å²) in [7, 11) is -7.83. The Kier molecular flexibility index (Phi) is 6.80. The van der Waals surface area contributed by atoms with Gasteiger partial charge in [0.05, 0.1) is 27.3 Å². The van der Waals surface area contributed by atoms with Gasteiger partial charge in [-0.25, -0.2) is 29.9 Å². The number of H-pyrrole nitrogens is 1. The average molecular weight is 602 g/mol. The van der Waals surface area contributed by atoms with Crippen LogP contribution in [0.5, 0.6) is 0 Å². The lowest BCUT2D eigenvalue weighted by atomic mass is 9.84. The van der Waals surface area contributed by atoms with Crippen molar-refractivity contribution in [2.24, 2.45) is 0 Å². The van der Waals surface area contributed by atoms with Crippen LogP contribution in [0.1, 0.15) is 56.5 Å². The van der Waals surface area contributed by atoms with Gasteiger partial charge in [-0.05, 0) is 51.7 Å². The van der Waals surface area contributed by atoms with Crippen LogP contribution in [0.4, 0.5) is 8.78 Å². The molecule has 0 bridgehead atoms. The number of aromatic nitrogens is 4. The highest BCUT2D eigenvalue weighted by molar-refractivity contribution is 7.89. The number of hydrogen-bond acceptors (Lipinski definition) is 10. The standard InChI is InChI=1S/C22H25F2N7O5S3/c1-12(2)39(35,36)31-7-5-22(32,6-8-31)15-10-13(38(33,34)30-21(11-25)3-4-21)9-14-16(15)26-27-17(14)19-28-29-20(37-19)18(23)24/h9-10,12,18,30,32H,3-8H2,1-2H3,(H,26,27). The third kappa shape index (κ3) is 4.93. The summed E-state index contributed by atoms with van der Waals surface area (Å²) in [5.74, 6) is 0. The zero-order chi connectivity index (χ0) is 28.4. The van der Waals surface area contributed by atoms with Crippen LogP contribution < -0.4 is 4.72 Å². The Bertz CT molecular complexity index is 1680. The fraction of sp³-hybridized carbons (Fsp3) is 0.545.